The highest BCUT2D eigenvalue weighted by atomic mass is 16.5. The van der Waals surface area contributed by atoms with E-state index in [1.165, 1.54) is 0 Å². The van der Waals surface area contributed by atoms with Crippen LogP contribution < -0.4 is 4.74 Å². The zero-order chi connectivity index (χ0) is 19.3. The van der Waals surface area contributed by atoms with Crippen LogP contribution in [0.25, 0.3) is 5.69 Å². The van der Waals surface area contributed by atoms with Gasteiger partial charge in [0.2, 0.25) is 0 Å². The highest BCUT2D eigenvalue weighted by Gasteiger charge is 2.29. The van der Waals surface area contributed by atoms with E-state index in [0.717, 1.165) is 36.5 Å². The van der Waals surface area contributed by atoms with Gasteiger partial charge in [-0.05, 0) is 54.5 Å². The lowest BCUT2D eigenvalue weighted by Crippen LogP contribution is -2.42. The van der Waals surface area contributed by atoms with Crippen molar-refractivity contribution in [1.82, 2.24) is 25.1 Å². The first-order chi connectivity index (χ1) is 13.7. The maximum absolute atomic E-state index is 12.7. The quantitative estimate of drug-likeness (QED) is 0.684. The fraction of sp³-hybridized carbons (Fsp3) is 0.333. The Morgan fingerprint density at radius 1 is 1.14 bits per heavy atom. The fourth-order valence-corrected chi connectivity index (χ4v) is 3.49. The molecule has 1 aliphatic rings. The zero-order valence-electron chi connectivity index (χ0n) is 15.9. The summed E-state index contributed by atoms with van der Waals surface area (Å²) in [4.78, 5) is 14.5. The zero-order valence-corrected chi connectivity index (χ0v) is 15.9. The normalized spacial score (nSPS) is 16.8. The lowest BCUT2D eigenvalue weighted by Gasteiger charge is -2.32. The van der Waals surface area contributed by atoms with Crippen molar-refractivity contribution in [3.8, 4) is 11.4 Å². The Bertz CT molecular complexity index is 923. The molecule has 1 unspecified atom stereocenters. The predicted molar refractivity (Wildman–Crippen MR) is 104 cm³/mol. The topological polar surface area (TPSA) is 73.1 Å². The number of benzene rings is 2. The molecule has 3 aromatic rings. The number of hydrogen-bond donors (Lipinski definition) is 0. The molecule has 0 radical (unpaired) electrons. The molecule has 7 nitrogen and oxygen atoms in total. The number of nitrogens with zero attached hydrogens (tertiary/aromatic N) is 5. The van der Waals surface area contributed by atoms with Crippen LogP contribution in [0.3, 0.4) is 0 Å². The SMILES string of the molecule is Cc1ccc(OCC(=O)N2CCCC(c3nnnn3-c3ccccc3)C2)cc1. The molecule has 1 fully saturated rings. The van der Waals surface area contributed by atoms with E-state index < -0.39 is 0 Å². The van der Waals surface area contributed by atoms with Crippen LogP contribution >= 0.6 is 0 Å². The van der Waals surface area contributed by atoms with Crippen molar-refractivity contribution in [1.29, 1.82) is 0 Å². The average molecular weight is 377 g/mol. The maximum atomic E-state index is 12.7. The first-order valence-electron chi connectivity index (χ1n) is 9.51. The maximum Gasteiger partial charge on any atom is 0.260 e. The van der Waals surface area contributed by atoms with E-state index >= 15 is 0 Å². The van der Waals surface area contributed by atoms with Gasteiger partial charge in [-0.1, -0.05) is 35.9 Å². The van der Waals surface area contributed by atoms with E-state index in [-0.39, 0.29) is 18.4 Å². The summed E-state index contributed by atoms with van der Waals surface area (Å²) in [6.07, 6.45) is 1.87. The monoisotopic (exact) mass is 377 g/mol. The van der Waals surface area contributed by atoms with Gasteiger partial charge < -0.3 is 9.64 Å². The number of aryl methyl sites for hydroxylation is 1. The van der Waals surface area contributed by atoms with Crippen molar-refractivity contribution in [2.75, 3.05) is 19.7 Å². The highest BCUT2D eigenvalue weighted by Crippen LogP contribution is 2.26. The van der Waals surface area contributed by atoms with Crippen LogP contribution in [0.2, 0.25) is 0 Å². The number of likely N-dealkylation sites (tertiary alicyclic amines) is 1. The Kier molecular flexibility index (Phi) is 5.32. The van der Waals surface area contributed by atoms with Crippen LogP contribution in [0.1, 0.15) is 30.1 Å². The number of aromatic nitrogens is 4. The summed E-state index contributed by atoms with van der Waals surface area (Å²) >= 11 is 0. The smallest absolute Gasteiger partial charge is 0.260 e. The van der Waals surface area contributed by atoms with Gasteiger partial charge in [0, 0.05) is 19.0 Å². The molecular weight excluding hydrogens is 354 g/mol. The Morgan fingerprint density at radius 2 is 1.93 bits per heavy atom. The first kappa shape index (κ1) is 18.2. The average Bonchev–Trinajstić information content (AvgIpc) is 3.24. The minimum Gasteiger partial charge on any atom is -0.484 e. The molecule has 0 N–H and O–H groups in total. The van der Waals surface area contributed by atoms with Crippen LogP contribution in [0, 0.1) is 6.92 Å². The lowest BCUT2D eigenvalue weighted by atomic mass is 9.97. The second kappa shape index (κ2) is 8.21. The van der Waals surface area contributed by atoms with E-state index in [1.807, 2.05) is 66.4 Å². The van der Waals surface area contributed by atoms with Crippen molar-refractivity contribution >= 4 is 5.91 Å². The van der Waals surface area contributed by atoms with Gasteiger partial charge in [0.05, 0.1) is 5.69 Å². The van der Waals surface area contributed by atoms with Gasteiger partial charge in [-0.15, -0.1) is 5.10 Å². The molecule has 1 aliphatic heterocycles. The van der Waals surface area contributed by atoms with Gasteiger partial charge in [0.25, 0.3) is 5.91 Å². The predicted octanol–water partition coefficient (Wildman–Crippen LogP) is 2.76. The molecule has 0 saturated carbocycles. The minimum absolute atomic E-state index is 0.0102. The van der Waals surface area contributed by atoms with Crippen LogP contribution in [0.15, 0.2) is 54.6 Å². The number of hydrogen-bond acceptors (Lipinski definition) is 5. The molecule has 2 heterocycles. The number of tetrazole rings is 1. The highest BCUT2D eigenvalue weighted by molar-refractivity contribution is 5.78. The number of ether oxygens (including phenoxy) is 1. The van der Waals surface area contributed by atoms with Crippen LogP contribution in [0.5, 0.6) is 5.75 Å². The second-order valence-electron chi connectivity index (χ2n) is 7.07. The summed E-state index contributed by atoms with van der Waals surface area (Å²) in [5.41, 5.74) is 2.09. The Hall–Kier alpha value is -3.22. The summed E-state index contributed by atoms with van der Waals surface area (Å²) in [6, 6.07) is 17.5. The Balaban J connectivity index is 1.41. The first-order valence-corrected chi connectivity index (χ1v) is 9.51. The molecule has 144 valence electrons. The third kappa shape index (κ3) is 4.03. The number of piperidine rings is 1. The standard InChI is InChI=1S/C21H23N5O2/c1-16-9-11-19(12-10-16)28-15-20(27)25-13-5-6-17(14-25)21-22-23-24-26(21)18-7-3-2-4-8-18/h2-4,7-12,17H,5-6,13-15H2,1H3. The minimum atomic E-state index is -0.0102. The number of para-hydroxylation sites is 1. The van der Waals surface area contributed by atoms with Gasteiger partial charge >= 0.3 is 0 Å². The van der Waals surface area contributed by atoms with Crippen LogP contribution in [-0.2, 0) is 4.79 Å². The summed E-state index contributed by atoms with van der Waals surface area (Å²) < 4.78 is 7.42. The molecule has 1 atom stereocenters. The van der Waals surface area contributed by atoms with E-state index in [9.17, 15) is 4.79 Å². The summed E-state index contributed by atoms with van der Waals surface area (Å²) in [5.74, 6) is 1.60. The van der Waals surface area contributed by atoms with Crippen molar-refractivity contribution in [2.24, 2.45) is 0 Å². The molecular formula is C21H23N5O2. The molecule has 0 spiro atoms. The van der Waals surface area contributed by atoms with Crippen molar-refractivity contribution in [3.63, 3.8) is 0 Å². The Morgan fingerprint density at radius 3 is 2.71 bits per heavy atom. The van der Waals surface area contributed by atoms with Gasteiger partial charge in [-0.2, -0.15) is 4.68 Å². The summed E-state index contributed by atoms with van der Waals surface area (Å²) in [6.45, 7) is 3.40. The number of carbonyl (C=O) groups is 1. The third-order valence-corrected chi connectivity index (χ3v) is 5.02. The van der Waals surface area contributed by atoms with E-state index in [0.29, 0.717) is 12.3 Å². The van der Waals surface area contributed by atoms with Crippen LogP contribution in [0.4, 0.5) is 0 Å². The molecule has 1 aromatic heterocycles. The third-order valence-electron chi connectivity index (χ3n) is 5.02. The largest absolute Gasteiger partial charge is 0.484 e. The molecule has 0 bridgehead atoms. The molecule has 1 amide bonds. The molecule has 2 aromatic carbocycles. The van der Waals surface area contributed by atoms with E-state index in [4.69, 9.17) is 4.74 Å². The molecule has 0 aliphatic carbocycles. The number of carbonyl (C=O) groups excluding carboxylic acids is 1. The number of amides is 1. The lowest BCUT2D eigenvalue weighted by molar-refractivity contribution is -0.134. The molecule has 4 rings (SSSR count). The van der Waals surface area contributed by atoms with Crippen molar-refractivity contribution < 1.29 is 9.53 Å². The fourth-order valence-electron chi connectivity index (χ4n) is 3.49. The van der Waals surface area contributed by atoms with Crippen molar-refractivity contribution in [2.45, 2.75) is 25.7 Å². The molecule has 7 heteroatoms. The molecule has 1 saturated heterocycles. The van der Waals surface area contributed by atoms with Gasteiger partial charge in [-0.25, -0.2) is 0 Å². The van der Waals surface area contributed by atoms with E-state index in [2.05, 4.69) is 15.5 Å². The Labute approximate surface area is 163 Å². The van der Waals surface area contributed by atoms with Crippen LogP contribution in [-0.4, -0.2) is 50.7 Å². The summed E-state index contributed by atoms with van der Waals surface area (Å²) in [7, 11) is 0. The van der Waals surface area contributed by atoms with E-state index in [1.54, 1.807) is 4.68 Å². The molecule has 28 heavy (non-hydrogen) atoms. The van der Waals surface area contributed by atoms with Gasteiger partial charge in [0.15, 0.2) is 12.4 Å². The number of rotatable bonds is 5. The second-order valence-corrected chi connectivity index (χ2v) is 7.07. The van der Waals surface area contributed by atoms with Crippen molar-refractivity contribution in [3.05, 3.63) is 66.0 Å². The summed E-state index contributed by atoms with van der Waals surface area (Å²) in [5, 5.41) is 12.2. The van der Waals surface area contributed by atoms with Gasteiger partial charge in [-0.3, -0.25) is 4.79 Å². The van der Waals surface area contributed by atoms with Gasteiger partial charge in [0.1, 0.15) is 5.75 Å².